The first-order valence-corrected chi connectivity index (χ1v) is 12.4. The lowest BCUT2D eigenvalue weighted by Gasteiger charge is -2.27. The topological polar surface area (TPSA) is 142 Å². The van der Waals surface area contributed by atoms with Crippen molar-refractivity contribution in [1.29, 1.82) is 0 Å². The number of carbonyl (C=O) groups excluding carboxylic acids is 4. The van der Waals surface area contributed by atoms with Crippen molar-refractivity contribution >= 4 is 29.3 Å². The molecule has 4 amide bonds. The number of nitrogens with zero attached hydrogens (tertiary/aromatic N) is 1. The Morgan fingerprint density at radius 2 is 1.42 bits per heavy atom. The molecule has 1 atom stereocenters. The number of carbonyl (C=O) groups is 4. The largest absolute Gasteiger partial charge is 0.383 e. The molecule has 2 heterocycles. The van der Waals surface area contributed by atoms with Crippen LogP contribution in [0, 0.1) is 12.3 Å². The van der Waals surface area contributed by atoms with E-state index < -0.39 is 29.7 Å². The smallest absolute Gasteiger partial charge is 0.262 e. The first kappa shape index (κ1) is 29.2. The van der Waals surface area contributed by atoms with E-state index in [0.717, 1.165) is 4.90 Å². The van der Waals surface area contributed by atoms with Crippen LogP contribution in [0.1, 0.15) is 33.6 Å². The van der Waals surface area contributed by atoms with Gasteiger partial charge in [0, 0.05) is 18.7 Å². The number of hydrogen-bond donors (Lipinski definition) is 2. The SMILES string of the molecule is C#CCOCCOCCOCCOCCOCCNc1ccc2c(c1)C(=O)N(C1CCC(=O)NC1=O)C2=O. The van der Waals surface area contributed by atoms with Crippen molar-refractivity contribution in [3.8, 4) is 12.3 Å². The van der Waals surface area contributed by atoms with E-state index in [0.29, 0.717) is 71.7 Å². The van der Waals surface area contributed by atoms with Crippen molar-refractivity contribution in [3.05, 3.63) is 29.3 Å². The van der Waals surface area contributed by atoms with Crippen molar-refractivity contribution in [2.75, 3.05) is 77.9 Å². The molecule has 0 radical (unpaired) electrons. The Morgan fingerprint density at radius 1 is 0.842 bits per heavy atom. The number of rotatable bonds is 18. The minimum absolute atomic E-state index is 0.0798. The summed E-state index contributed by atoms with van der Waals surface area (Å²) in [5.41, 5.74) is 1.11. The Hall–Kier alpha value is -3.34. The molecule has 206 valence electrons. The number of ether oxygens (including phenoxy) is 5. The van der Waals surface area contributed by atoms with E-state index in [9.17, 15) is 19.2 Å². The molecule has 0 saturated carbocycles. The second kappa shape index (κ2) is 15.8. The molecule has 2 aliphatic heterocycles. The fourth-order valence-electron chi connectivity index (χ4n) is 3.86. The van der Waals surface area contributed by atoms with E-state index in [-0.39, 0.29) is 30.6 Å². The van der Waals surface area contributed by atoms with Gasteiger partial charge in [0.1, 0.15) is 12.6 Å². The molecule has 0 bridgehead atoms. The summed E-state index contributed by atoms with van der Waals surface area (Å²) in [7, 11) is 0. The maximum absolute atomic E-state index is 12.9. The summed E-state index contributed by atoms with van der Waals surface area (Å²) in [6.45, 7) is 4.81. The minimum atomic E-state index is -0.983. The quantitative estimate of drug-likeness (QED) is 0.153. The lowest BCUT2D eigenvalue weighted by atomic mass is 10.0. The van der Waals surface area contributed by atoms with E-state index in [2.05, 4.69) is 16.6 Å². The highest BCUT2D eigenvalue weighted by Crippen LogP contribution is 2.29. The highest BCUT2D eigenvalue weighted by Gasteiger charge is 2.44. The zero-order valence-electron chi connectivity index (χ0n) is 21.2. The molecular weight excluding hydrogens is 498 g/mol. The maximum atomic E-state index is 12.9. The van der Waals surface area contributed by atoms with Gasteiger partial charge in [-0.1, -0.05) is 5.92 Å². The van der Waals surface area contributed by atoms with Crippen LogP contribution in [-0.2, 0) is 33.3 Å². The predicted octanol–water partition coefficient (Wildman–Crippen LogP) is 0.216. The number of hydrogen-bond acceptors (Lipinski definition) is 10. The monoisotopic (exact) mass is 531 g/mol. The Bertz CT molecular complexity index is 1020. The van der Waals surface area contributed by atoms with Gasteiger partial charge in [0.25, 0.3) is 11.8 Å². The summed E-state index contributed by atoms with van der Waals surface area (Å²) in [6, 6.07) is 3.85. The Balaban J connectivity index is 1.23. The average Bonchev–Trinajstić information content (AvgIpc) is 3.15. The van der Waals surface area contributed by atoms with Gasteiger partial charge in [-0.3, -0.25) is 29.4 Å². The van der Waals surface area contributed by atoms with Gasteiger partial charge in [-0.2, -0.15) is 0 Å². The summed E-state index contributed by atoms with van der Waals surface area (Å²) >= 11 is 0. The molecule has 0 aromatic heterocycles. The number of terminal acetylenes is 1. The molecule has 1 saturated heterocycles. The van der Waals surface area contributed by atoms with Gasteiger partial charge < -0.3 is 29.0 Å². The summed E-state index contributed by atoms with van der Waals surface area (Å²) in [4.78, 5) is 50.1. The number of imide groups is 2. The Labute approximate surface area is 221 Å². The van der Waals surface area contributed by atoms with Crippen LogP contribution in [0.3, 0.4) is 0 Å². The molecule has 3 rings (SSSR count). The molecule has 1 fully saturated rings. The van der Waals surface area contributed by atoms with Crippen molar-refractivity contribution in [2.45, 2.75) is 18.9 Å². The van der Waals surface area contributed by atoms with Gasteiger partial charge in [-0.05, 0) is 24.6 Å². The lowest BCUT2D eigenvalue weighted by Crippen LogP contribution is -2.54. The first-order chi connectivity index (χ1) is 18.5. The van der Waals surface area contributed by atoms with E-state index in [1.807, 2.05) is 0 Å². The molecule has 1 aromatic carbocycles. The van der Waals surface area contributed by atoms with Crippen LogP contribution in [0.15, 0.2) is 18.2 Å². The van der Waals surface area contributed by atoms with Crippen molar-refractivity contribution in [3.63, 3.8) is 0 Å². The summed E-state index contributed by atoms with van der Waals surface area (Å²) < 4.78 is 26.8. The molecular formula is C26H33N3O9. The van der Waals surface area contributed by atoms with E-state index >= 15 is 0 Å². The molecule has 2 aliphatic rings. The molecule has 2 N–H and O–H groups in total. The van der Waals surface area contributed by atoms with Crippen LogP contribution in [0.2, 0.25) is 0 Å². The fraction of sp³-hybridized carbons (Fsp3) is 0.538. The van der Waals surface area contributed by atoms with Gasteiger partial charge in [0.2, 0.25) is 11.8 Å². The highest BCUT2D eigenvalue weighted by molar-refractivity contribution is 6.23. The number of amides is 4. The molecule has 12 heteroatoms. The number of piperidine rings is 1. The van der Waals surface area contributed by atoms with Crippen LogP contribution in [-0.4, -0.2) is 107 Å². The zero-order chi connectivity index (χ0) is 27.2. The van der Waals surface area contributed by atoms with Crippen LogP contribution in [0.5, 0.6) is 0 Å². The van der Waals surface area contributed by atoms with Crippen LogP contribution in [0.25, 0.3) is 0 Å². The summed E-state index contributed by atoms with van der Waals surface area (Å²) in [5, 5.41) is 5.33. The zero-order valence-corrected chi connectivity index (χ0v) is 21.2. The second-order valence-electron chi connectivity index (χ2n) is 8.34. The van der Waals surface area contributed by atoms with Crippen molar-refractivity contribution < 1.29 is 42.9 Å². The third-order valence-corrected chi connectivity index (χ3v) is 5.69. The number of anilines is 1. The standard InChI is InChI=1S/C26H33N3O9/c1-2-8-34-10-12-36-14-16-38-17-15-37-13-11-35-9-7-27-19-3-4-20-21(18-19)26(33)29(25(20)32)22-5-6-23(30)28-24(22)31/h1,3-4,18,22,27H,5-17H2,(H,28,30,31). The van der Waals surface area contributed by atoms with Crippen LogP contribution >= 0.6 is 0 Å². The molecule has 0 spiro atoms. The van der Waals surface area contributed by atoms with Gasteiger partial charge in [0.05, 0.1) is 70.6 Å². The van der Waals surface area contributed by atoms with Crippen molar-refractivity contribution in [1.82, 2.24) is 10.2 Å². The van der Waals surface area contributed by atoms with Crippen molar-refractivity contribution in [2.24, 2.45) is 0 Å². The fourth-order valence-corrected chi connectivity index (χ4v) is 3.86. The number of fused-ring (bicyclic) bond motifs is 1. The summed E-state index contributed by atoms with van der Waals surface area (Å²) in [6.07, 6.45) is 5.27. The lowest BCUT2D eigenvalue weighted by molar-refractivity contribution is -0.136. The van der Waals surface area contributed by atoms with E-state index in [1.54, 1.807) is 18.2 Å². The molecule has 38 heavy (non-hydrogen) atoms. The summed E-state index contributed by atoms with van der Waals surface area (Å²) in [5.74, 6) is 0.264. The Kier molecular flexibility index (Phi) is 12.2. The van der Waals surface area contributed by atoms with Gasteiger partial charge >= 0.3 is 0 Å². The third kappa shape index (κ3) is 8.61. The van der Waals surface area contributed by atoms with Crippen LogP contribution < -0.4 is 10.6 Å². The van der Waals surface area contributed by atoms with Gasteiger partial charge in [-0.15, -0.1) is 6.42 Å². The molecule has 1 unspecified atom stereocenters. The Morgan fingerprint density at radius 3 is 2.03 bits per heavy atom. The third-order valence-electron chi connectivity index (χ3n) is 5.69. The van der Waals surface area contributed by atoms with Gasteiger partial charge in [0.15, 0.2) is 0 Å². The second-order valence-corrected chi connectivity index (χ2v) is 8.34. The first-order valence-electron chi connectivity index (χ1n) is 12.4. The molecule has 12 nitrogen and oxygen atoms in total. The number of nitrogens with one attached hydrogen (secondary N) is 2. The van der Waals surface area contributed by atoms with Crippen LogP contribution in [0.4, 0.5) is 5.69 Å². The average molecular weight is 532 g/mol. The molecule has 1 aromatic rings. The highest BCUT2D eigenvalue weighted by atomic mass is 16.6. The maximum Gasteiger partial charge on any atom is 0.262 e. The number of benzene rings is 1. The van der Waals surface area contributed by atoms with Gasteiger partial charge in [-0.25, -0.2) is 0 Å². The minimum Gasteiger partial charge on any atom is -0.383 e. The van der Waals surface area contributed by atoms with E-state index in [1.165, 1.54) is 0 Å². The van der Waals surface area contributed by atoms with E-state index in [4.69, 9.17) is 30.1 Å². The molecule has 0 aliphatic carbocycles. The predicted molar refractivity (Wildman–Crippen MR) is 135 cm³/mol. The normalized spacial score (nSPS) is 16.9.